The summed E-state index contributed by atoms with van der Waals surface area (Å²) < 4.78 is 12.7. The number of ketones is 1. The minimum absolute atomic E-state index is 0. The molecule has 15 heteroatoms. The van der Waals surface area contributed by atoms with Crippen molar-refractivity contribution >= 4 is 29.7 Å². The van der Waals surface area contributed by atoms with Gasteiger partial charge in [-0.3, -0.25) is 19.4 Å². The molecule has 1 saturated carbocycles. The van der Waals surface area contributed by atoms with E-state index in [1.807, 2.05) is 18.2 Å². The number of hydrogen-bond donors (Lipinski definition) is 5. The molecule has 2 fully saturated rings. The second-order valence-corrected chi connectivity index (χ2v) is 14.4. The molecule has 51 heavy (non-hydrogen) atoms. The van der Waals surface area contributed by atoms with E-state index in [-0.39, 0.29) is 66.1 Å². The van der Waals surface area contributed by atoms with E-state index in [0.717, 1.165) is 48.0 Å². The van der Waals surface area contributed by atoms with Crippen molar-refractivity contribution in [3.05, 3.63) is 53.1 Å². The molecule has 2 heterocycles. The Morgan fingerprint density at radius 3 is 2.65 bits per heavy atom. The Bertz CT molecular complexity index is 1700. The number of benzene rings is 2. The van der Waals surface area contributed by atoms with Crippen LogP contribution in [0.1, 0.15) is 55.7 Å². The van der Waals surface area contributed by atoms with Crippen LogP contribution in [0, 0.1) is 5.92 Å². The van der Waals surface area contributed by atoms with Gasteiger partial charge in [-0.05, 0) is 55.2 Å². The van der Waals surface area contributed by atoms with Gasteiger partial charge in [0, 0.05) is 69.9 Å². The van der Waals surface area contributed by atoms with Crippen molar-refractivity contribution in [1.82, 2.24) is 15.5 Å². The molecule has 14 nitrogen and oxygen atoms in total. The summed E-state index contributed by atoms with van der Waals surface area (Å²) in [5.41, 5.74) is 13.7. The minimum Gasteiger partial charge on any atom is -1.00 e. The Balaban J connectivity index is 0.00000504. The lowest BCUT2D eigenvalue weighted by atomic mass is 9.51. The molecule has 2 aliphatic heterocycles. The van der Waals surface area contributed by atoms with E-state index in [1.165, 1.54) is 17.4 Å². The monoisotopic (exact) mass is 725 g/mol. The predicted octanol–water partition coefficient (Wildman–Crippen LogP) is -1.55. The van der Waals surface area contributed by atoms with Gasteiger partial charge in [0.05, 0.1) is 25.0 Å². The third-order valence-corrected chi connectivity index (χ3v) is 11.1. The molecule has 6 atom stereocenters. The lowest BCUT2D eigenvalue weighted by Crippen LogP contribution is -3.00. The van der Waals surface area contributed by atoms with Crippen molar-refractivity contribution in [2.24, 2.45) is 22.4 Å². The lowest BCUT2D eigenvalue weighted by Gasteiger charge is -2.60. The van der Waals surface area contributed by atoms with Gasteiger partial charge in [0.25, 0.3) is 0 Å². The first-order valence-electron chi connectivity index (χ1n) is 17.3. The molecular weight excluding hydrogens is 678 g/mol. The average molecular weight is 726 g/mol. The highest BCUT2D eigenvalue weighted by Crippen LogP contribution is 2.64. The largest absolute Gasteiger partial charge is 1.00 e. The quantitative estimate of drug-likeness (QED) is 0.0745. The zero-order valence-electron chi connectivity index (χ0n) is 29.3. The number of guanidine groups is 1. The van der Waals surface area contributed by atoms with Gasteiger partial charge in [-0.1, -0.05) is 6.07 Å². The maximum absolute atomic E-state index is 13.1. The third kappa shape index (κ3) is 7.29. The molecule has 276 valence electrons. The van der Waals surface area contributed by atoms with Gasteiger partial charge in [0.2, 0.25) is 11.8 Å². The SMILES string of the molecule is CC(=O)N[C@@H](CCCN=C(N)N)C(=O)NCCN(C)C(=O)Oc1ccc(C[N@@+]2(C)CC[C@]34c5c6ccc(O)c5O[C@H]3C(=O)CC[C@H]4[C@H]2C6)cc1.[Cl-]. The van der Waals surface area contributed by atoms with Gasteiger partial charge in [-0.25, -0.2) is 4.79 Å². The van der Waals surface area contributed by atoms with Gasteiger partial charge in [-0.15, -0.1) is 0 Å². The molecule has 1 spiro atoms. The zero-order valence-corrected chi connectivity index (χ0v) is 30.1. The molecular formula is C36H48ClN7O7. The van der Waals surface area contributed by atoms with Crippen LogP contribution in [0.5, 0.6) is 17.2 Å². The average Bonchev–Trinajstić information content (AvgIpc) is 3.43. The number of likely N-dealkylation sites (tertiary alicyclic amines) is 1. The van der Waals surface area contributed by atoms with Crippen LogP contribution >= 0.6 is 0 Å². The maximum Gasteiger partial charge on any atom is 0.415 e. The molecule has 2 aromatic carbocycles. The minimum atomic E-state index is -0.746. The molecule has 7 N–H and O–H groups in total. The van der Waals surface area contributed by atoms with E-state index in [4.69, 9.17) is 20.9 Å². The van der Waals surface area contributed by atoms with E-state index in [1.54, 1.807) is 25.2 Å². The van der Waals surface area contributed by atoms with Crippen molar-refractivity contribution in [2.75, 3.05) is 40.3 Å². The van der Waals surface area contributed by atoms with Crippen LogP contribution in [0.2, 0.25) is 0 Å². The summed E-state index contributed by atoms with van der Waals surface area (Å²) in [6.07, 6.45) is 2.79. The van der Waals surface area contributed by atoms with Crippen LogP contribution in [-0.4, -0.2) is 103 Å². The summed E-state index contributed by atoms with van der Waals surface area (Å²) in [5.74, 6) is 0.754. The van der Waals surface area contributed by atoms with Crippen molar-refractivity contribution in [3.63, 3.8) is 0 Å². The number of nitrogens with two attached hydrogens (primary N) is 2. The lowest BCUT2D eigenvalue weighted by molar-refractivity contribution is -0.957. The predicted molar refractivity (Wildman–Crippen MR) is 184 cm³/mol. The Morgan fingerprint density at radius 2 is 1.94 bits per heavy atom. The second kappa shape index (κ2) is 15.0. The summed E-state index contributed by atoms with van der Waals surface area (Å²) in [7, 11) is 3.89. The molecule has 4 aliphatic rings. The van der Waals surface area contributed by atoms with Crippen LogP contribution in [0.4, 0.5) is 4.79 Å². The van der Waals surface area contributed by atoms with E-state index in [0.29, 0.717) is 43.3 Å². The first-order chi connectivity index (χ1) is 23.8. The Labute approximate surface area is 303 Å². The Morgan fingerprint density at radius 1 is 1.20 bits per heavy atom. The number of Topliss-reactive ketones (excluding diaryl/α,β-unsaturated/α-hetero) is 1. The van der Waals surface area contributed by atoms with E-state index >= 15 is 0 Å². The number of phenols is 1. The first kappa shape index (κ1) is 37.7. The number of carbonyl (C=O) groups excluding carboxylic acids is 4. The summed E-state index contributed by atoms with van der Waals surface area (Å²) in [5, 5.41) is 16.0. The number of likely N-dealkylation sites (N-methyl/N-ethyl adjacent to an activating group) is 2. The van der Waals surface area contributed by atoms with Crippen molar-refractivity contribution in [3.8, 4) is 17.2 Å². The fourth-order valence-corrected chi connectivity index (χ4v) is 8.83. The number of nitrogens with one attached hydrogen (secondary N) is 2. The standard InChI is InChI=1S/C36H47N7O7.ClH/c1-21(44)41-26(5-4-15-40-34(37)38)33(47)39-16-17-42(2)35(48)49-24-9-6-22(7-10-24)20-43(3)18-14-36-25-11-13-29(46)32(36)50-31-28(45)12-8-23(30(31)36)19-27(25)43;/h6-10,12,25-27,32H,4-5,11,13-20H2,1-3H3,(H6-,37,38,39,40,41,44,45,47);1H/t25-,26-,27+,32-,36-,43+;/m0./s1. The van der Waals surface area contributed by atoms with Crippen LogP contribution < -0.4 is 44.0 Å². The number of carbonyl (C=O) groups is 4. The summed E-state index contributed by atoms with van der Waals surface area (Å²) >= 11 is 0. The Hall–Kier alpha value is -4.56. The number of hydrogen-bond acceptors (Lipinski definition) is 8. The van der Waals surface area contributed by atoms with Crippen LogP contribution in [0.25, 0.3) is 0 Å². The maximum atomic E-state index is 13.1. The highest BCUT2D eigenvalue weighted by molar-refractivity contribution is 5.89. The van der Waals surface area contributed by atoms with E-state index < -0.39 is 18.2 Å². The van der Waals surface area contributed by atoms with Crippen molar-refractivity contribution in [2.45, 2.75) is 75.6 Å². The van der Waals surface area contributed by atoms with Gasteiger partial charge in [0.1, 0.15) is 18.3 Å². The number of amides is 3. The van der Waals surface area contributed by atoms with Gasteiger partial charge >= 0.3 is 6.09 Å². The number of aliphatic imine (C=N–C) groups is 1. The highest BCUT2D eigenvalue weighted by atomic mass is 35.5. The third-order valence-electron chi connectivity index (χ3n) is 11.1. The molecule has 0 aromatic heterocycles. The van der Waals surface area contributed by atoms with Crippen LogP contribution in [-0.2, 0) is 32.8 Å². The number of ether oxygens (including phenoxy) is 2. The molecule has 2 aromatic rings. The van der Waals surface area contributed by atoms with Gasteiger partial charge < -0.3 is 58.5 Å². The summed E-state index contributed by atoms with van der Waals surface area (Å²) in [6.45, 7) is 3.71. The van der Waals surface area contributed by atoms with Crippen molar-refractivity contribution in [1.29, 1.82) is 0 Å². The molecule has 3 amide bonds. The topological polar surface area (TPSA) is 199 Å². The number of piperidine rings is 1. The fourth-order valence-electron chi connectivity index (χ4n) is 8.83. The molecule has 1 saturated heterocycles. The molecule has 2 bridgehead atoms. The molecule has 0 unspecified atom stereocenters. The Kier molecular flexibility index (Phi) is 11.1. The summed E-state index contributed by atoms with van der Waals surface area (Å²) in [4.78, 5) is 55.5. The van der Waals surface area contributed by atoms with Crippen LogP contribution in [0.3, 0.4) is 0 Å². The second-order valence-electron chi connectivity index (χ2n) is 14.4. The first-order valence-corrected chi connectivity index (χ1v) is 17.3. The fraction of sp³-hybridized carbons (Fsp3) is 0.528. The van der Waals surface area contributed by atoms with Gasteiger partial charge in [0.15, 0.2) is 29.3 Å². The molecule has 0 radical (unpaired) electrons. The highest BCUT2D eigenvalue weighted by Gasteiger charge is 2.69. The smallest absolute Gasteiger partial charge is 0.415 e. The number of quaternary nitrogens is 1. The number of rotatable bonds is 12. The number of phenolic OH excluding ortho intramolecular Hbond substituents is 1. The number of aromatic hydroxyl groups is 1. The van der Waals surface area contributed by atoms with Gasteiger partial charge in [-0.2, -0.15) is 0 Å². The van der Waals surface area contributed by atoms with E-state index in [2.05, 4.69) is 22.7 Å². The molecule has 6 rings (SSSR count). The van der Waals surface area contributed by atoms with Crippen LogP contribution in [0.15, 0.2) is 41.4 Å². The number of nitrogens with zero attached hydrogens (tertiary/aromatic N) is 3. The van der Waals surface area contributed by atoms with Crippen molar-refractivity contribution < 1.29 is 50.6 Å². The summed E-state index contributed by atoms with van der Waals surface area (Å²) in [6, 6.07) is 10.8. The molecule has 2 aliphatic carbocycles. The van der Waals surface area contributed by atoms with E-state index in [9.17, 15) is 24.3 Å². The normalized spacial score (nSPS) is 25.6. The zero-order chi connectivity index (χ0) is 35.8. The number of halogens is 1.